The van der Waals surface area contributed by atoms with Crippen molar-refractivity contribution in [1.82, 2.24) is 10.2 Å². The fourth-order valence-electron chi connectivity index (χ4n) is 1.17. The van der Waals surface area contributed by atoms with E-state index in [1.54, 1.807) is 5.01 Å². The summed E-state index contributed by atoms with van der Waals surface area (Å²) in [6.07, 6.45) is 0.801. The number of aromatic nitrogens is 2. The number of anilines is 1. The van der Waals surface area contributed by atoms with E-state index in [0.29, 0.717) is 5.84 Å². The summed E-state index contributed by atoms with van der Waals surface area (Å²) in [7, 11) is 0. The highest BCUT2D eigenvalue weighted by molar-refractivity contribution is 5.83. The molecule has 2 heterocycles. The van der Waals surface area contributed by atoms with E-state index in [1.807, 2.05) is 19.1 Å². The molecule has 0 unspecified atom stereocenters. The van der Waals surface area contributed by atoms with Gasteiger partial charge in [0.2, 0.25) is 0 Å². The lowest BCUT2D eigenvalue weighted by molar-refractivity contribution is 0.854. The summed E-state index contributed by atoms with van der Waals surface area (Å²) >= 11 is 0. The van der Waals surface area contributed by atoms with E-state index in [1.165, 1.54) is 0 Å². The van der Waals surface area contributed by atoms with Gasteiger partial charge in [0.15, 0.2) is 5.82 Å². The van der Waals surface area contributed by atoms with E-state index in [4.69, 9.17) is 5.73 Å². The van der Waals surface area contributed by atoms with Crippen molar-refractivity contribution in [2.24, 2.45) is 10.8 Å². The molecule has 0 aromatic carbocycles. The molecule has 0 aliphatic carbocycles. The Balaban J connectivity index is 2.22. The number of nitrogens with zero attached hydrogens (tertiary/aromatic N) is 4. The van der Waals surface area contributed by atoms with Crippen LogP contribution < -0.4 is 10.7 Å². The molecule has 0 spiro atoms. The van der Waals surface area contributed by atoms with Gasteiger partial charge in [-0.3, -0.25) is 0 Å². The van der Waals surface area contributed by atoms with Crippen molar-refractivity contribution in [2.45, 2.75) is 13.3 Å². The molecule has 13 heavy (non-hydrogen) atoms. The molecule has 0 amide bonds. The third-order valence-electron chi connectivity index (χ3n) is 1.88. The van der Waals surface area contributed by atoms with E-state index in [9.17, 15) is 0 Å². The first-order valence-electron chi connectivity index (χ1n) is 4.16. The van der Waals surface area contributed by atoms with Crippen LogP contribution in [0.2, 0.25) is 0 Å². The summed E-state index contributed by atoms with van der Waals surface area (Å²) in [5.41, 5.74) is 6.46. The van der Waals surface area contributed by atoms with Crippen molar-refractivity contribution in [3.63, 3.8) is 0 Å². The minimum Gasteiger partial charge on any atom is -0.386 e. The second-order valence-electron chi connectivity index (χ2n) is 3.00. The Morgan fingerprint density at radius 2 is 2.23 bits per heavy atom. The number of hydrogen-bond acceptors (Lipinski definition) is 5. The standard InChI is InChI=1S/C8H11N5/c1-6-2-3-8(11-10-6)13-5-4-7(9)12-13/h2-3H,4-5H2,1H3,(H2,9,12). The first-order chi connectivity index (χ1) is 6.25. The Hall–Kier alpha value is -1.65. The molecule has 1 aliphatic rings. The minimum absolute atomic E-state index is 0.655. The Morgan fingerprint density at radius 1 is 1.38 bits per heavy atom. The van der Waals surface area contributed by atoms with Crippen LogP contribution in [-0.2, 0) is 0 Å². The molecule has 0 atom stereocenters. The Kier molecular flexibility index (Phi) is 1.84. The van der Waals surface area contributed by atoms with Crippen molar-refractivity contribution < 1.29 is 0 Å². The van der Waals surface area contributed by atoms with Gasteiger partial charge < -0.3 is 5.73 Å². The zero-order valence-corrected chi connectivity index (χ0v) is 7.44. The Morgan fingerprint density at radius 3 is 2.77 bits per heavy atom. The molecule has 5 nitrogen and oxygen atoms in total. The van der Waals surface area contributed by atoms with Crippen molar-refractivity contribution in [1.29, 1.82) is 0 Å². The van der Waals surface area contributed by atoms with Crippen LogP contribution in [0.3, 0.4) is 0 Å². The maximum absolute atomic E-state index is 5.55. The molecule has 0 fully saturated rings. The third-order valence-corrected chi connectivity index (χ3v) is 1.88. The van der Waals surface area contributed by atoms with Crippen LogP contribution in [0.15, 0.2) is 17.2 Å². The van der Waals surface area contributed by atoms with Gasteiger partial charge in [0.05, 0.1) is 12.2 Å². The molecule has 0 saturated heterocycles. The zero-order chi connectivity index (χ0) is 9.26. The summed E-state index contributed by atoms with van der Waals surface area (Å²) in [5, 5.41) is 13.8. The van der Waals surface area contributed by atoms with E-state index < -0.39 is 0 Å². The number of hydrogen-bond donors (Lipinski definition) is 1. The molecule has 1 aromatic heterocycles. The topological polar surface area (TPSA) is 67.4 Å². The monoisotopic (exact) mass is 177 g/mol. The normalized spacial score (nSPS) is 16.1. The van der Waals surface area contributed by atoms with Gasteiger partial charge in [0, 0.05) is 6.42 Å². The number of rotatable bonds is 1. The van der Waals surface area contributed by atoms with Crippen LogP contribution in [0.5, 0.6) is 0 Å². The van der Waals surface area contributed by atoms with Gasteiger partial charge in [-0.15, -0.1) is 5.10 Å². The first-order valence-corrected chi connectivity index (χ1v) is 4.16. The summed E-state index contributed by atoms with van der Waals surface area (Å²) in [5.74, 6) is 1.41. The minimum atomic E-state index is 0.655. The van der Waals surface area contributed by atoms with Crippen LogP contribution in [0.1, 0.15) is 12.1 Å². The molecule has 1 aliphatic heterocycles. The van der Waals surface area contributed by atoms with Gasteiger partial charge in [0.1, 0.15) is 5.84 Å². The van der Waals surface area contributed by atoms with Gasteiger partial charge in [-0.2, -0.15) is 10.2 Å². The van der Waals surface area contributed by atoms with Crippen molar-refractivity contribution in [2.75, 3.05) is 11.6 Å². The van der Waals surface area contributed by atoms with Crippen LogP contribution in [0.4, 0.5) is 5.82 Å². The molecule has 2 rings (SSSR count). The average molecular weight is 177 g/mol. The zero-order valence-electron chi connectivity index (χ0n) is 7.44. The van der Waals surface area contributed by atoms with Gasteiger partial charge in [-0.1, -0.05) is 0 Å². The van der Waals surface area contributed by atoms with Crippen molar-refractivity contribution in [3.05, 3.63) is 17.8 Å². The van der Waals surface area contributed by atoms with Gasteiger partial charge in [-0.25, -0.2) is 5.01 Å². The summed E-state index contributed by atoms with van der Waals surface area (Å²) in [4.78, 5) is 0. The second-order valence-corrected chi connectivity index (χ2v) is 3.00. The second kappa shape index (κ2) is 3.01. The predicted octanol–water partition coefficient (Wildman–Crippen LogP) is 0.267. The maximum Gasteiger partial charge on any atom is 0.171 e. The highest BCUT2D eigenvalue weighted by Crippen LogP contribution is 2.13. The number of hydrazone groups is 1. The average Bonchev–Trinajstić information content (AvgIpc) is 2.53. The van der Waals surface area contributed by atoms with Crippen molar-refractivity contribution in [3.8, 4) is 0 Å². The lowest BCUT2D eigenvalue weighted by Crippen LogP contribution is -2.13. The fourth-order valence-corrected chi connectivity index (χ4v) is 1.17. The summed E-state index contributed by atoms with van der Waals surface area (Å²) in [6, 6.07) is 3.80. The van der Waals surface area contributed by atoms with Crippen LogP contribution >= 0.6 is 0 Å². The lowest BCUT2D eigenvalue weighted by Gasteiger charge is -2.10. The SMILES string of the molecule is Cc1ccc(N2CCC(N)=N2)nn1. The molecule has 1 aromatic rings. The fraction of sp³-hybridized carbons (Fsp3) is 0.375. The first kappa shape index (κ1) is 7.97. The van der Waals surface area contributed by atoms with Crippen LogP contribution in [0, 0.1) is 6.92 Å². The largest absolute Gasteiger partial charge is 0.386 e. The lowest BCUT2D eigenvalue weighted by atomic mass is 10.4. The molecular formula is C8H11N5. The molecule has 0 radical (unpaired) electrons. The van der Waals surface area contributed by atoms with Gasteiger partial charge in [0.25, 0.3) is 0 Å². The van der Waals surface area contributed by atoms with Crippen molar-refractivity contribution >= 4 is 11.7 Å². The number of nitrogens with two attached hydrogens (primary N) is 1. The predicted molar refractivity (Wildman–Crippen MR) is 50.4 cm³/mol. The molecule has 5 heteroatoms. The highest BCUT2D eigenvalue weighted by Gasteiger charge is 2.14. The molecular weight excluding hydrogens is 166 g/mol. The molecule has 2 N–H and O–H groups in total. The quantitative estimate of drug-likeness (QED) is 0.668. The van der Waals surface area contributed by atoms with E-state index in [2.05, 4.69) is 15.3 Å². The van der Waals surface area contributed by atoms with E-state index in [-0.39, 0.29) is 0 Å². The third kappa shape index (κ3) is 1.58. The number of aryl methyl sites for hydroxylation is 1. The van der Waals surface area contributed by atoms with Crippen LogP contribution in [0.25, 0.3) is 0 Å². The van der Waals surface area contributed by atoms with Gasteiger partial charge >= 0.3 is 0 Å². The molecule has 68 valence electrons. The number of amidine groups is 1. The highest BCUT2D eigenvalue weighted by atomic mass is 15.5. The summed E-state index contributed by atoms with van der Waals surface area (Å²) < 4.78 is 0. The molecule has 0 saturated carbocycles. The summed E-state index contributed by atoms with van der Waals surface area (Å²) in [6.45, 7) is 2.70. The Labute approximate surface area is 76.3 Å². The van der Waals surface area contributed by atoms with Crippen LogP contribution in [-0.4, -0.2) is 22.6 Å². The maximum atomic E-state index is 5.55. The van der Waals surface area contributed by atoms with E-state index >= 15 is 0 Å². The smallest absolute Gasteiger partial charge is 0.171 e. The van der Waals surface area contributed by atoms with E-state index in [0.717, 1.165) is 24.5 Å². The molecule has 0 bridgehead atoms. The Bertz CT molecular complexity index is 329. The van der Waals surface area contributed by atoms with Gasteiger partial charge in [-0.05, 0) is 19.1 Å².